The molecule has 0 unspecified atom stereocenters. The van der Waals surface area contributed by atoms with Gasteiger partial charge in [0, 0.05) is 86.1 Å². The van der Waals surface area contributed by atoms with Crippen LogP contribution in [0, 0.1) is 30.3 Å². The minimum atomic E-state index is -0.388. The largest absolute Gasteiger partial charge is 0.310 e. The second kappa shape index (κ2) is 19.5. The van der Waals surface area contributed by atoms with Crippen LogP contribution in [0.5, 0.6) is 0 Å². The number of anilines is 9. The number of hydrogen-bond donors (Lipinski definition) is 0. The maximum atomic E-state index is 12.4. The Bertz CT molecular complexity index is 4400. The molecule has 1 heterocycles. The number of nitro groups is 3. The highest BCUT2D eigenvalue weighted by atomic mass is 16.6. The second-order valence-electron chi connectivity index (χ2n) is 19.1. The molecule has 79 heavy (non-hydrogen) atoms. The molecule has 0 spiro atoms. The molecule has 0 aliphatic carbocycles. The molecule has 0 bridgehead atoms. The van der Waals surface area contributed by atoms with Gasteiger partial charge in [-0.05, 0) is 107 Å². The van der Waals surface area contributed by atoms with E-state index in [1.165, 1.54) is 18.2 Å². The molecule has 1 aromatic heterocycles. The summed E-state index contributed by atoms with van der Waals surface area (Å²) in [5, 5.41) is 44.6. The summed E-state index contributed by atoms with van der Waals surface area (Å²) in [5.41, 5.74) is 8.78. The van der Waals surface area contributed by atoms with Gasteiger partial charge in [0.25, 0.3) is 17.1 Å². The van der Waals surface area contributed by atoms with Crippen molar-refractivity contribution in [1.29, 1.82) is 0 Å². The standard InChI is InChI=1S/C66H43N7O6/c74-71(75)54-25-11-21-48(39-54)67(62-31-7-17-44-14-1-4-28-57(44)62)47-20-10-24-51(38-47)70-65-36-34-52(68(49-22-12-26-55(40-49)72(76)77)63-32-8-18-45-15-2-5-29-58(45)63)42-60(65)61-43-53(35-37-66(61)70)69(50-23-13-27-56(41-50)73(78)79)64-33-9-19-46-16-3-6-30-59(46)64/h1-43H. The van der Waals surface area contributed by atoms with E-state index in [-0.39, 0.29) is 31.8 Å². The van der Waals surface area contributed by atoms with Crippen molar-refractivity contribution >= 4 is 122 Å². The Hall–Kier alpha value is -11.2. The third kappa shape index (κ3) is 8.49. The van der Waals surface area contributed by atoms with Crippen LogP contribution >= 0.6 is 0 Å². The van der Waals surface area contributed by atoms with Gasteiger partial charge in [-0.25, -0.2) is 0 Å². The molecule has 13 rings (SSSR count). The van der Waals surface area contributed by atoms with E-state index >= 15 is 0 Å². The molecule has 0 aliphatic heterocycles. The number of hydrogen-bond acceptors (Lipinski definition) is 9. The number of non-ortho nitro benzene ring substituents is 3. The van der Waals surface area contributed by atoms with Gasteiger partial charge in [0.15, 0.2) is 0 Å². The zero-order chi connectivity index (χ0) is 53.7. The highest BCUT2D eigenvalue weighted by Gasteiger charge is 2.25. The molecule has 0 atom stereocenters. The van der Waals surface area contributed by atoms with Crippen molar-refractivity contribution in [3.63, 3.8) is 0 Å². The molecule has 0 N–H and O–H groups in total. The summed E-state index contributed by atoms with van der Waals surface area (Å²) in [7, 11) is 0. The average Bonchev–Trinajstić information content (AvgIpc) is 4.01. The maximum Gasteiger partial charge on any atom is 0.271 e. The fourth-order valence-electron chi connectivity index (χ4n) is 11.1. The van der Waals surface area contributed by atoms with Crippen LogP contribution in [-0.2, 0) is 0 Å². The molecule has 13 aromatic rings. The van der Waals surface area contributed by atoms with Crippen molar-refractivity contribution in [3.05, 3.63) is 291 Å². The first kappa shape index (κ1) is 47.5. The van der Waals surface area contributed by atoms with Crippen LogP contribution in [0.3, 0.4) is 0 Å². The quantitative estimate of drug-likeness (QED) is 0.0814. The molecule has 13 nitrogen and oxygen atoms in total. The maximum absolute atomic E-state index is 12.4. The summed E-state index contributed by atoms with van der Waals surface area (Å²) in [6.07, 6.45) is 0. The minimum Gasteiger partial charge on any atom is -0.310 e. The highest BCUT2D eigenvalue weighted by Crippen LogP contribution is 2.47. The van der Waals surface area contributed by atoms with E-state index in [1.54, 1.807) is 36.4 Å². The molecule has 0 saturated carbocycles. The third-order valence-corrected chi connectivity index (χ3v) is 14.5. The Morgan fingerprint density at radius 1 is 0.278 bits per heavy atom. The Labute approximate surface area is 451 Å². The van der Waals surface area contributed by atoms with E-state index in [0.29, 0.717) is 17.1 Å². The number of fused-ring (bicyclic) bond motifs is 6. The summed E-state index contributed by atoms with van der Waals surface area (Å²) in [4.78, 5) is 42.0. The monoisotopic (exact) mass is 1030 g/mol. The topological polar surface area (TPSA) is 144 Å². The number of aromatic nitrogens is 1. The van der Waals surface area contributed by atoms with Gasteiger partial charge >= 0.3 is 0 Å². The Kier molecular flexibility index (Phi) is 11.7. The van der Waals surface area contributed by atoms with Crippen LogP contribution in [0.2, 0.25) is 0 Å². The third-order valence-electron chi connectivity index (χ3n) is 14.5. The molecule has 0 fully saturated rings. The van der Waals surface area contributed by atoms with E-state index in [4.69, 9.17) is 0 Å². The predicted molar refractivity (Wildman–Crippen MR) is 317 cm³/mol. The lowest BCUT2D eigenvalue weighted by Crippen LogP contribution is -2.11. The molecular weight excluding hydrogens is 987 g/mol. The van der Waals surface area contributed by atoms with Gasteiger partial charge in [0.2, 0.25) is 0 Å². The van der Waals surface area contributed by atoms with E-state index in [9.17, 15) is 30.3 Å². The minimum absolute atomic E-state index is 0.0433. The molecular formula is C66H43N7O6. The lowest BCUT2D eigenvalue weighted by molar-refractivity contribution is -0.385. The Morgan fingerprint density at radius 3 is 0.949 bits per heavy atom. The molecule has 0 radical (unpaired) electrons. The molecule has 0 saturated heterocycles. The van der Waals surface area contributed by atoms with E-state index < -0.39 is 0 Å². The van der Waals surface area contributed by atoms with Gasteiger partial charge in [-0.1, -0.05) is 133 Å². The lowest BCUT2D eigenvalue weighted by Gasteiger charge is -2.27. The van der Waals surface area contributed by atoms with Crippen LogP contribution in [0.1, 0.15) is 0 Å². The van der Waals surface area contributed by atoms with Gasteiger partial charge in [0.1, 0.15) is 0 Å². The second-order valence-corrected chi connectivity index (χ2v) is 19.1. The fourth-order valence-corrected chi connectivity index (χ4v) is 11.1. The molecule has 0 amide bonds. The summed E-state index contributed by atoms with van der Waals surface area (Å²) < 4.78 is 2.20. The first-order valence-electron chi connectivity index (χ1n) is 25.4. The van der Waals surface area contributed by atoms with Crippen LogP contribution in [0.4, 0.5) is 68.2 Å². The van der Waals surface area contributed by atoms with E-state index in [1.807, 2.05) is 181 Å². The normalized spacial score (nSPS) is 11.3. The predicted octanol–water partition coefficient (Wildman–Crippen LogP) is 18.4. The smallest absolute Gasteiger partial charge is 0.271 e. The van der Waals surface area contributed by atoms with Crippen molar-refractivity contribution in [2.45, 2.75) is 0 Å². The number of nitro benzene ring substituents is 3. The van der Waals surface area contributed by atoms with Crippen LogP contribution in [-0.4, -0.2) is 19.3 Å². The zero-order valence-electron chi connectivity index (χ0n) is 41.9. The van der Waals surface area contributed by atoms with Crippen molar-refractivity contribution in [3.8, 4) is 5.69 Å². The SMILES string of the molecule is O=[N+]([O-])c1cccc(N(c2cccc(-n3c4ccc(N(c5cccc([N+](=O)[O-])c5)c5cccc6ccccc56)cc4c4cc(N(c5cccc([N+](=O)[O-])c5)c5cccc6ccccc56)ccc43)c2)c2cccc3ccccc23)c1. The molecule has 13 heteroatoms. The van der Waals surface area contributed by atoms with E-state index in [2.05, 4.69) is 44.7 Å². The summed E-state index contributed by atoms with van der Waals surface area (Å²) in [6, 6.07) is 82.7. The summed E-state index contributed by atoms with van der Waals surface area (Å²) in [5.74, 6) is 0. The molecule has 0 aliphatic rings. The van der Waals surface area contributed by atoms with Gasteiger partial charge in [-0.2, -0.15) is 0 Å². The van der Waals surface area contributed by atoms with Crippen molar-refractivity contribution in [2.24, 2.45) is 0 Å². The van der Waals surface area contributed by atoms with Crippen LogP contribution in [0.25, 0.3) is 59.8 Å². The van der Waals surface area contributed by atoms with Crippen LogP contribution in [0.15, 0.2) is 261 Å². The van der Waals surface area contributed by atoms with E-state index in [0.717, 1.165) is 93.9 Å². The van der Waals surface area contributed by atoms with Crippen LogP contribution < -0.4 is 14.7 Å². The van der Waals surface area contributed by atoms with Gasteiger partial charge < -0.3 is 19.3 Å². The van der Waals surface area contributed by atoms with Gasteiger partial charge in [0.05, 0.1) is 59.9 Å². The first-order valence-corrected chi connectivity index (χ1v) is 25.4. The molecule has 378 valence electrons. The Morgan fingerprint density at radius 2 is 0.582 bits per heavy atom. The van der Waals surface area contributed by atoms with Crippen molar-refractivity contribution < 1.29 is 14.8 Å². The van der Waals surface area contributed by atoms with Crippen molar-refractivity contribution in [1.82, 2.24) is 4.57 Å². The van der Waals surface area contributed by atoms with Gasteiger partial charge in [-0.3, -0.25) is 30.3 Å². The fraction of sp³-hybridized carbons (Fsp3) is 0. The zero-order valence-corrected chi connectivity index (χ0v) is 41.9. The number of rotatable bonds is 13. The van der Waals surface area contributed by atoms with Crippen molar-refractivity contribution in [2.75, 3.05) is 14.7 Å². The number of nitrogens with zero attached hydrogens (tertiary/aromatic N) is 7. The Balaban J connectivity index is 1.09. The molecule has 12 aromatic carbocycles. The number of benzene rings is 12. The summed E-state index contributed by atoms with van der Waals surface area (Å²) >= 11 is 0. The summed E-state index contributed by atoms with van der Waals surface area (Å²) in [6.45, 7) is 0. The highest BCUT2D eigenvalue weighted by molar-refractivity contribution is 6.13. The lowest BCUT2D eigenvalue weighted by atomic mass is 10.0. The first-order chi connectivity index (χ1) is 38.7. The van der Waals surface area contributed by atoms with Gasteiger partial charge in [-0.15, -0.1) is 0 Å². The average molecular weight is 1030 g/mol.